The molecule has 19 heavy (non-hydrogen) atoms. The first-order valence-electron chi connectivity index (χ1n) is 6.04. The Bertz CT molecular complexity index is 676. The summed E-state index contributed by atoms with van der Waals surface area (Å²) in [7, 11) is 0. The lowest BCUT2D eigenvalue weighted by molar-refractivity contribution is 0.576. The van der Waals surface area contributed by atoms with Gasteiger partial charge in [-0.2, -0.15) is 0 Å². The molecule has 2 heterocycles. The SMILES string of the molecule is CC(NCc1sc2ccccc2c1Cl)c1nccs1. The van der Waals surface area contributed by atoms with Crippen molar-refractivity contribution in [3.8, 4) is 0 Å². The fourth-order valence-electron chi connectivity index (χ4n) is 1.96. The molecule has 1 unspecified atom stereocenters. The predicted octanol–water partition coefficient (Wildman–Crippen LogP) is 4.86. The maximum Gasteiger partial charge on any atom is 0.109 e. The van der Waals surface area contributed by atoms with Crippen molar-refractivity contribution < 1.29 is 0 Å². The van der Waals surface area contributed by atoms with Crippen molar-refractivity contribution in [2.45, 2.75) is 19.5 Å². The number of rotatable bonds is 4. The Labute approximate surface area is 125 Å². The number of thiazole rings is 1. The summed E-state index contributed by atoms with van der Waals surface area (Å²) in [5.41, 5.74) is 0. The average molecular weight is 309 g/mol. The second-order valence-corrected chi connectivity index (χ2v) is 6.75. The number of aromatic nitrogens is 1. The van der Waals surface area contributed by atoms with E-state index in [-0.39, 0.29) is 6.04 Å². The van der Waals surface area contributed by atoms with E-state index in [9.17, 15) is 0 Å². The zero-order valence-electron chi connectivity index (χ0n) is 10.4. The van der Waals surface area contributed by atoms with Gasteiger partial charge in [0.2, 0.25) is 0 Å². The van der Waals surface area contributed by atoms with Gasteiger partial charge in [0.1, 0.15) is 5.01 Å². The van der Waals surface area contributed by atoms with E-state index in [1.807, 2.05) is 23.7 Å². The number of halogens is 1. The number of nitrogens with one attached hydrogen (secondary N) is 1. The molecule has 0 saturated heterocycles. The van der Waals surface area contributed by atoms with Crippen molar-refractivity contribution in [1.82, 2.24) is 10.3 Å². The molecule has 0 radical (unpaired) electrons. The van der Waals surface area contributed by atoms with Gasteiger partial charge in [0, 0.05) is 33.1 Å². The Kier molecular flexibility index (Phi) is 3.84. The largest absolute Gasteiger partial charge is 0.303 e. The first-order chi connectivity index (χ1) is 9.25. The van der Waals surface area contributed by atoms with Crippen LogP contribution in [0.5, 0.6) is 0 Å². The number of hydrogen-bond donors (Lipinski definition) is 1. The topological polar surface area (TPSA) is 24.9 Å². The normalized spacial score (nSPS) is 12.9. The Morgan fingerprint density at radius 2 is 2.21 bits per heavy atom. The third-order valence-corrected chi connectivity index (χ3v) is 5.66. The molecule has 0 spiro atoms. The van der Waals surface area contributed by atoms with Crippen LogP contribution in [0.3, 0.4) is 0 Å². The molecule has 0 aliphatic heterocycles. The Morgan fingerprint density at radius 3 is 2.95 bits per heavy atom. The standard InChI is InChI=1S/C14H13ClN2S2/c1-9(14-16-6-7-18-14)17-8-12-13(15)10-4-2-3-5-11(10)19-12/h2-7,9,17H,8H2,1H3. The van der Waals surface area contributed by atoms with E-state index < -0.39 is 0 Å². The van der Waals surface area contributed by atoms with Crippen LogP contribution >= 0.6 is 34.3 Å². The Morgan fingerprint density at radius 1 is 1.37 bits per heavy atom. The Hall–Kier alpha value is -0.940. The highest BCUT2D eigenvalue weighted by atomic mass is 35.5. The minimum absolute atomic E-state index is 0.251. The summed E-state index contributed by atoms with van der Waals surface area (Å²) in [5, 5.41) is 8.61. The zero-order chi connectivity index (χ0) is 13.2. The highest BCUT2D eigenvalue weighted by Gasteiger charge is 2.12. The van der Waals surface area contributed by atoms with E-state index in [0.29, 0.717) is 0 Å². The lowest BCUT2D eigenvalue weighted by atomic mass is 10.2. The van der Waals surface area contributed by atoms with Crippen molar-refractivity contribution in [3.05, 3.63) is 50.7 Å². The number of nitrogens with zero attached hydrogens (tertiary/aromatic N) is 1. The number of benzene rings is 1. The molecule has 0 fully saturated rings. The Balaban J connectivity index is 1.77. The average Bonchev–Trinajstić information content (AvgIpc) is 3.05. The molecule has 98 valence electrons. The molecule has 0 aliphatic carbocycles. The molecular weight excluding hydrogens is 296 g/mol. The number of thiophene rings is 1. The quantitative estimate of drug-likeness (QED) is 0.744. The second-order valence-electron chi connectivity index (χ2n) is 4.31. The molecule has 1 atom stereocenters. The molecule has 2 aromatic heterocycles. The van der Waals surface area contributed by atoms with E-state index in [1.54, 1.807) is 22.7 Å². The monoisotopic (exact) mass is 308 g/mol. The van der Waals surface area contributed by atoms with Gasteiger partial charge in [-0.15, -0.1) is 22.7 Å². The molecule has 0 amide bonds. The summed E-state index contributed by atoms with van der Waals surface area (Å²) in [5.74, 6) is 0. The summed E-state index contributed by atoms with van der Waals surface area (Å²) >= 11 is 9.85. The molecule has 3 aromatic rings. The number of hydrogen-bond acceptors (Lipinski definition) is 4. The summed E-state index contributed by atoms with van der Waals surface area (Å²) in [6.07, 6.45) is 1.84. The van der Waals surface area contributed by atoms with Gasteiger partial charge in [0.15, 0.2) is 0 Å². The van der Waals surface area contributed by atoms with Gasteiger partial charge in [-0.1, -0.05) is 29.8 Å². The summed E-state index contributed by atoms with van der Waals surface area (Å²) in [4.78, 5) is 5.51. The lowest BCUT2D eigenvalue weighted by Crippen LogP contribution is -2.17. The van der Waals surface area contributed by atoms with Gasteiger partial charge >= 0.3 is 0 Å². The summed E-state index contributed by atoms with van der Waals surface area (Å²) in [6, 6.07) is 8.50. The molecule has 1 N–H and O–H groups in total. The molecule has 1 aromatic carbocycles. The fourth-order valence-corrected chi connectivity index (χ4v) is 4.08. The van der Waals surface area contributed by atoms with E-state index in [2.05, 4.69) is 29.4 Å². The highest BCUT2D eigenvalue weighted by Crippen LogP contribution is 2.35. The van der Waals surface area contributed by atoms with E-state index >= 15 is 0 Å². The minimum Gasteiger partial charge on any atom is -0.303 e. The molecular formula is C14H13ClN2S2. The van der Waals surface area contributed by atoms with Crippen molar-refractivity contribution in [3.63, 3.8) is 0 Å². The number of fused-ring (bicyclic) bond motifs is 1. The van der Waals surface area contributed by atoms with E-state index in [4.69, 9.17) is 11.6 Å². The fraction of sp³-hybridized carbons (Fsp3) is 0.214. The highest BCUT2D eigenvalue weighted by molar-refractivity contribution is 7.19. The van der Waals surface area contributed by atoms with Gasteiger partial charge in [0.25, 0.3) is 0 Å². The summed E-state index contributed by atoms with van der Waals surface area (Å²) < 4.78 is 1.24. The van der Waals surface area contributed by atoms with E-state index in [1.165, 1.54) is 9.58 Å². The molecule has 2 nitrogen and oxygen atoms in total. The molecule has 5 heteroatoms. The van der Waals surface area contributed by atoms with Gasteiger partial charge in [-0.3, -0.25) is 0 Å². The van der Waals surface area contributed by atoms with Gasteiger partial charge in [-0.25, -0.2) is 4.98 Å². The zero-order valence-corrected chi connectivity index (χ0v) is 12.8. The van der Waals surface area contributed by atoms with Crippen LogP contribution in [0.15, 0.2) is 35.8 Å². The van der Waals surface area contributed by atoms with Crippen molar-refractivity contribution in [2.24, 2.45) is 0 Å². The predicted molar refractivity (Wildman–Crippen MR) is 84.2 cm³/mol. The van der Waals surface area contributed by atoms with Crippen molar-refractivity contribution >= 4 is 44.4 Å². The molecule has 0 aliphatic rings. The molecule has 0 saturated carbocycles. The van der Waals surface area contributed by atoms with Crippen LogP contribution in [-0.4, -0.2) is 4.98 Å². The van der Waals surface area contributed by atoms with Crippen LogP contribution in [0.1, 0.15) is 22.9 Å². The van der Waals surface area contributed by atoms with Crippen LogP contribution in [0.4, 0.5) is 0 Å². The molecule has 3 rings (SSSR count). The maximum absolute atomic E-state index is 6.42. The van der Waals surface area contributed by atoms with Crippen LogP contribution in [0.2, 0.25) is 5.02 Å². The first-order valence-corrected chi connectivity index (χ1v) is 8.12. The lowest BCUT2D eigenvalue weighted by Gasteiger charge is -2.10. The third-order valence-electron chi connectivity index (χ3n) is 2.99. The van der Waals surface area contributed by atoms with Crippen molar-refractivity contribution in [2.75, 3.05) is 0 Å². The minimum atomic E-state index is 0.251. The second kappa shape index (κ2) is 5.59. The van der Waals surface area contributed by atoms with Crippen LogP contribution in [-0.2, 0) is 6.54 Å². The molecule has 0 bridgehead atoms. The summed E-state index contributed by atoms with van der Waals surface area (Å²) in [6.45, 7) is 2.90. The van der Waals surface area contributed by atoms with Gasteiger partial charge in [-0.05, 0) is 13.0 Å². The first kappa shape index (κ1) is 13.1. The smallest absolute Gasteiger partial charge is 0.109 e. The van der Waals surface area contributed by atoms with Crippen molar-refractivity contribution in [1.29, 1.82) is 0 Å². The van der Waals surface area contributed by atoms with Crippen LogP contribution < -0.4 is 5.32 Å². The van der Waals surface area contributed by atoms with Crippen LogP contribution in [0.25, 0.3) is 10.1 Å². The van der Waals surface area contributed by atoms with Crippen LogP contribution in [0, 0.1) is 0 Å². The third kappa shape index (κ3) is 2.67. The maximum atomic E-state index is 6.42. The van der Waals surface area contributed by atoms with Gasteiger partial charge in [0.05, 0.1) is 11.1 Å². The van der Waals surface area contributed by atoms with E-state index in [0.717, 1.165) is 22.0 Å². The van der Waals surface area contributed by atoms with Gasteiger partial charge < -0.3 is 5.32 Å².